The highest BCUT2D eigenvalue weighted by Gasteiger charge is 2.35. The summed E-state index contributed by atoms with van der Waals surface area (Å²) in [5.74, 6) is 1.25. The Morgan fingerprint density at radius 3 is 2.18 bits per heavy atom. The summed E-state index contributed by atoms with van der Waals surface area (Å²) in [5.41, 5.74) is 1.85. The monoisotopic (exact) mass is 449 g/mol. The summed E-state index contributed by atoms with van der Waals surface area (Å²) in [7, 11) is 1.57. The molecular weight excluding hydrogens is 414 g/mol. The Hall–Kier alpha value is -2.86. The maximum absolute atomic E-state index is 12.6. The number of nitrogens with one attached hydrogen (secondary N) is 2. The molecule has 6 nitrogen and oxygen atoms in total. The van der Waals surface area contributed by atoms with Crippen LogP contribution in [0.5, 0.6) is 5.75 Å². The third-order valence-electron chi connectivity index (χ3n) is 6.85. The molecule has 2 aliphatic carbocycles. The molecule has 2 amide bonds. The Morgan fingerprint density at radius 2 is 1.55 bits per heavy atom. The zero-order valence-corrected chi connectivity index (χ0v) is 19.7. The van der Waals surface area contributed by atoms with Crippen LogP contribution >= 0.6 is 0 Å². The van der Waals surface area contributed by atoms with Crippen molar-refractivity contribution in [2.75, 3.05) is 24.3 Å². The van der Waals surface area contributed by atoms with Gasteiger partial charge in [-0.15, -0.1) is 0 Å². The van der Waals surface area contributed by atoms with Gasteiger partial charge in [-0.25, -0.2) is 0 Å². The molecule has 0 saturated heterocycles. The zero-order valence-electron chi connectivity index (χ0n) is 19.7. The largest absolute Gasteiger partial charge is 0.495 e. The van der Waals surface area contributed by atoms with E-state index in [1.165, 1.54) is 38.5 Å². The van der Waals surface area contributed by atoms with Gasteiger partial charge < -0.3 is 15.4 Å². The van der Waals surface area contributed by atoms with Crippen LogP contribution in [0.4, 0.5) is 11.4 Å². The summed E-state index contributed by atoms with van der Waals surface area (Å²) < 4.78 is 5.28. The molecule has 0 radical (unpaired) electrons. The molecule has 2 saturated carbocycles. The lowest BCUT2D eigenvalue weighted by Crippen LogP contribution is -2.41. The van der Waals surface area contributed by atoms with Gasteiger partial charge in [-0.1, -0.05) is 19.1 Å². The second-order valence-corrected chi connectivity index (χ2v) is 9.41. The van der Waals surface area contributed by atoms with Gasteiger partial charge in [0.2, 0.25) is 5.91 Å². The van der Waals surface area contributed by atoms with Gasteiger partial charge in [-0.05, 0) is 80.8 Å². The van der Waals surface area contributed by atoms with Crippen molar-refractivity contribution in [3.8, 4) is 5.75 Å². The Kier molecular flexibility index (Phi) is 7.65. The first-order valence-electron chi connectivity index (χ1n) is 12.1. The summed E-state index contributed by atoms with van der Waals surface area (Å²) in [6.45, 7) is 3.17. The molecular formula is C27H35N3O3. The van der Waals surface area contributed by atoms with E-state index < -0.39 is 0 Å². The third kappa shape index (κ3) is 6.35. The van der Waals surface area contributed by atoms with E-state index in [1.807, 2.05) is 12.1 Å². The van der Waals surface area contributed by atoms with Crippen molar-refractivity contribution in [2.45, 2.75) is 64.0 Å². The molecule has 0 heterocycles. The number of benzene rings is 2. The minimum Gasteiger partial charge on any atom is -0.495 e. The molecule has 6 heteroatoms. The average molecular weight is 450 g/mol. The van der Waals surface area contributed by atoms with Crippen LogP contribution in [0.1, 0.15) is 62.2 Å². The van der Waals surface area contributed by atoms with Gasteiger partial charge in [0.1, 0.15) is 5.75 Å². The van der Waals surface area contributed by atoms with Crippen molar-refractivity contribution in [1.29, 1.82) is 0 Å². The number of nitrogens with zero attached hydrogens (tertiary/aromatic N) is 1. The van der Waals surface area contributed by atoms with Crippen LogP contribution in [0.3, 0.4) is 0 Å². The second-order valence-electron chi connectivity index (χ2n) is 9.41. The van der Waals surface area contributed by atoms with E-state index in [-0.39, 0.29) is 11.8 Å². The van der Waals surface area contributed by atoms with Crippen LogP contribution in [-0.2, 0) is 4.79 Å². The van der Waals surface area contributed by atoms with Crippen molar-refractivity contribution in [2.24, 2.45) is 5.92 Å². The highest BCUT2D eigenvalue weighted by molar-refractivity contribution is 6.05. The topological polar surface area (TPSA) is 70.7 Å². The maximum atomic E-state index is 12.6. The molecule has 33 heavy (non-hydrogen) atoms. The fraction of sp³-hybridized carbons (Fsp3) is 0.481. The molecule has 0 unspecified atom stereocenters. The minimum absolute atomic E-state index is 0.0241. The van der Waals surface area contributed by atoms with Crippen molar-refractivity contribution in [3.05, 3.63) is 54.1 Å². The van der Waals surface area contributed by atoms with E-state index in [2.05, 4.69) is 22.5 Å². The first kappa shape index (κ1) is 23.3. The van der Waals surface area contributed by atoms with Crippen LogP contribution in [0.2, 0.25) is 0 Å². The molecule has 0 aliphatic heterocycles. The quantitative estimate of drug-likeness (QED) is 0.544. The molecule has 176 valence electrons. The number of para-hydroxylation sites is 2. The van der Waals surface area contributed by atoms with E-state index in [0.29, 0.717) is 41.2 Å². The van der Waals surface area contributed by atoms with Crippen LogP contribution in [0.25, 0.3) is 0 Å². The molecule has 2 N–H and O–H groups in total. The Labute approximate surface area is 196 Å². The molecule has 0 aromatic heterocycles. The lowest BCUT2D eigenvalue weighted by atomic mass is 9.86. The summed E-state index contributed by atoms with van der Waals surface area (Å²) in [4.78, 5) is 27.8. The molecule has 2 aromatic carbocycles. The lowest BCUT2D eigenvalue weighted by Gasteiger charge is -2.36. The first-order chi connectivity index (χ1) is 16.0. The SMILES string of the molecule is COc1ccccc1NC(=O)c1ccc(NC(=O)CCN(C2CCC(C)CC2)C2CC2)cc1. The Balaban J connectivity index is 1.27. The molecule has 0 spiro atoms. The lowest BCUT2D eigenvalue weighted by molar-refractivity contribution is -0.116. The van der Waals surface area contributed by atoms with E-state index in [4.69, 9.17) is 4.74 Å². The zero-order chi connectivity index (χ0) is 23.2. The first-order valence-corrected chi connectivity index (χ1v) is 12.1. The fourth-order valence-electron chi connectivity index (χ4n) is 4.75. The van der Waals surface area contributed by atoms with Crippen LogP contribution < -0.4 is 15.4 Å². The predicted octanol–water partition coefficient (Wildman–Crippen LogP) is 5.32. The number of amides is 2. The van der Waals surface area contributed by atoms with Gasteiger partial charge in [0.15, 0.2) is 0 Å². The second kappa shape index (κ2) is 10.8. The summed E-state index contributed by atoms with van der Waals surface area (Å²) in [6, 6.07) is 15.6. The molecule has 2 fully saturated rings. The van der Waals surface area contributed by atoms with E-state index in [9.17, 15) is 9.59 Å². The maximum Gasteiger partial charge on any atom is 0.255 e. The van der Waals surface area contributed by atoms with Gasteiger partial charge in [0, 0.05) is 36.3 Å². The van der Waals surface area contributed by atoms with E-state index in [0.717, 1.165) is 12.5 Å². The van der Waals surface area contributed by atoms with Crippen molar-refractivity contribution in [1.82, 2.24) is 4.90 Å². The average Bonchev–Trinajstić information content (AvgIpc) is 3.66. The Bertz CT molecular complexity index is 947. The predicted molar refractivity (Wildman–Crippen MR) is 132 cm³/mol. The summed E-state index contributed by atoms with van der Waals surface area (Å²) in [6.07, 6.45) is 8.17. The van der Waals surface area contributed by atoms with Gasteiger partial charge in [-0.2, -0.15) is 0 Å². The molecule has 4 rings (SSSR count). The number of ether oxygens (including phenoxy) is 1. The van der Waals surface area contributed by atoms with E-state index in [1.54, 1.807) is 43.5 Å². The fourth-order valence-corrected chi connectivity index (χ4v) is 4.75. The molecule has 2 aromatic rings. The smallest absolute Gasteiger partial charge is 0.255 e. The number of carbonyl (C=O) groups excluding carboxylic acids is 2. The van der Waals surface area contributed by atoms with Gasteiger partial charge in [0.05, 0.1) is 12.8 Å². The third-order valence-corrected chi connectivity index (χ3v) is 6.85. The van der Waals surface area contributed by atoms with Crippen molar-refractivity contribution >= 4 is 23.2 Å². The minimum atomic E-state index is -0.223. The van der Waals surface area contributed by atoms with Crippen LogP contribution in [0, 0.1) is 5.92 Å². The number of carbonyl (C=O) groups is 2. The highest BCUT2D eigenvalue weighted by Crippen LogP contribution is 2.35. The van der Waals surface area contributed by atoms with Crippen LogP contribution in [-0.4, -0.2) is 42.5 Å². The number of hydrogen-bond donors (Lipinski definition) is 2. The highest BCUT2D eigenvalue weighted by atomic mass is 16.5. The van der Waals surface area contributed by atoms with E-state index >= 15 is 0 Å². The molecule has 0 atom stereocenters. The summed E-state index contributed by atoms with van der Waals surface area (Å²) in [5, 5.41) is 5.85. The number of methoxy groups -OCH3 is 1. The number of rotatable bonds is 9. The molecule has 0 bridgehead atoms. The van der Waals surface area contributed by atoms with Gasteiger partial charge in [0.25, 0.3) is 5.91 Å². The van der Waals surface area contributed by atoms with Gasteiger partial charge in [-0.3, -0.25) is 14.5 Å². The number of anilines is 2. The normalized spacial score (nSPS) is 20.3. The molecule has 2 aliphatic rings. The van der Waals surface area contributed by atoms with Gasteiger partial charge >= 0.3 is 0 Å². The standard InChI is InChI=1S/C27H35N3O3/c1-19-7-13-22(14-8-19)30(23-15-16-23)18-17-26(31)28-21-11-9-20(10-12-21)27(32)29-24-5-3-4-6-25(24)33-2/h3-6,9-12,19,22-23H,7-8,13-18H2,1-2H3,(H,28,31)(H,29,32). The van der Waals surface area contributed by atoms with Crippen molar-refractivity contribution in [3.63, 3.8) is 0 Å². The van der Waals surface area contributed by atoms with Crippen LogP contribution in [0.15, 0.2) is 48.5 Å². The summed E-state index contributed by atoms with van der Waals surface area (Å²) >= 11 is 0. The number of hydrogen-bond acceptors (Lipinski definition) is 4. The Morgan fingerprint density at radius 1 is 0.909 bits per heavy atom. The van der Waals surface area contributed by atoms with Crippen molar-refractivity contribution < 1.29 is 14.3 Å².